The van der Waals surface area contributed by atoms with Crippen LogP contribution in [0.3, 0.4) is 0 Å². The summed E-state index contributed by atoms with van der Waals surface area (Å²) < 4.78 is 6.80. The topological polar surface area (TPSA) is 22.1 Å². The Bertz CT molecular complexity index is 593. The van der Waals surface area contributed by atoms with Gasteiger partial charge >= 0.3 is 0 Å². The molecule has 0 saturated carbocycles. The molecule has 0 atom stereocenters. The zero-order valence-corrected chi connectivity index (χ0v) is 13.3. The van der Waals surface area contributed by atoms with E-state index in [-0.39, 0.29) is 0 Å². The first-order chi connectivity index (χ1) is 8.97. The first-order valence-electron chi connectivity index (χ1n) is 6.38. The molecule has 100 valence electrons. The second kappa shape index (κ2) is 5.74. The molecular weight excluding hydrogens is 302 g/mol. The van der Waals surface area contributed by atoms with Crippen LogP contribution in [0.1, 0.15) is 36.5 Å². The third-order valence-corrected chi connectivity index (χ3v) is 3.60. The number of hydrogen-bond donors (Lipinski definition) is 0. The lowest BCUT2D eigenvalue weighted by atomic mass is 10.0. The van der Waals surface area contributed by atoms with E-state index in [1.54, 1.807) is 0 Å². The van der Waals surface area contributed by atoms with E-state index in [0.29, 0.717) is 11.8 Å². The van der Waals surface area contributed by atoms with Gasteiger partial charge in [-0.3, -0.25) is 0 Å². The molecule has 0 aliphatic rings. The summed E-state index contributed by atoms with van der Waals surface area (Å²) in [5.74, 6) is 1.95. The number of aryl methyl sites for hydroxylation is 2. The fourth-order valence-electron chi connectivity index (χ4n) is 1.79. The summed E-state index contributed by atoms with van der Waals surface area (Å²) >= 11 is 3.49. The van der Waals surface area contributed by atoms with Crippen molar-refractivity contribution in [1.29, 1.82) is 0 Å². The molecule has 0 bridgehead atoms. The molecule has 0 aliphatic heterocycles. The molecule has 0 amide bonds. The molecule has 0 unspecified atom stereocenters. The highest BCUT2D eigenvalue weighted by atomic mass is 79.9. The van der Waals surface area contributed by atoms with Crippen molar-refractivity contribution in [1.82, 2.24) is 4.98 Å². The lowest BCUT2D eigenvalue weighted by Gasteiger charge is -2.13. The van der Waals surface area contributed by atoms with E-state index < -0.39 is 0 Å². The van der Waals surface area contributed by atoms with Gasteiger partial charge in [-0.1, -0.05) is 26.0 Å². The first kappa shape index (κ1) is 14.1. The zero-order valence-electron chi connectivity index (χ0n) is 11.7. The van der Waals surface area contributed by atoms with Gasteiger partial charge in [-0.05, 0) is 64.5 Å². The van der Waals surface area contributed by atoms with E-state index in [0.717, 1.165) is 21.3 Å². The number of ether oxygens (including phenoxy) is 1. The number of benzene rings is 1. The van der Waals surface area contributed by atoms with E-state index in [9.17, 15) is 0 Å². The van der Waals surface area contributed by atoms with Gasteiger partial charge in [0.15, 0.2) is 0 Å². The zero-order chi connectivity index (χ0) is 14.0. The molecule has 0 radical (unpaired) electrons. The Morgan fingerprint density at radius 1 is 1.16 bits per heavy atom. The van der Waals surface area contributed by atoms with E-state index >= 15 is 0 Å². The van der Waals surface area contributed by atoms with Crippen molar-refractivity contribution >= 4 is 15.9 Å². The average molecular weight is 320 g/mol. The minimum Gasteiger partial charge on any atom is -0.438 e. The van der Waals surface area contributed by atoms with E-state index in [2.05, 4.69) is 53.0 Å². The summed E-state index contributed by atoms with van der Waals surface area (Å²) in [5.41, 5.74) is 3.48. The van der Waals surface area contributed by atoms with Gasteiger partial charge in [0.2, 0.25) is 5.88 Å². The standard InChI is InChI=1S/C16H18BrNO/c1-10(2)13-6-5-12(4)15(8-13)19-16-14(17)7-11(3)9-18-16/h5-10H,1-4H3. The van der Waals surface area contributed by atoms with Gasteiger partial charge in [0.25, 0.3) is 0 Å². The SMILES string of the molecule is Cc1cnc(Oc2cc(C(C)C)ccc2C)c(Br)c1. The largest absolute Gasteiger partial charge is 0.438 e. The number of hydrogen-bond acceptors (Lipinski definition) is 2. The molecule has 2 rings (SSSR count). The fraction of sp³-hybridized carbons (Fsp3) is 0.312. The lowest BCUT2D eigenvalue weighted by molar-refractivity contribution is 0.455. The predicted molar refractivity (Wildman–Crippen MR) is 82.0 cm³/mol. The molecule has 19 heavy (non-hydrogen) atoms. The van der Waals surface area contributed by atoms with Crippen molar-refractivity contribution in [3.63, 3.8) is 0 Å². The second-order valence-corrected chi connectivity index (χ2v) is 5.94. The van der Waals surface area contributed by atoms with Crippen LogP contribution < -0.4 is 4.74 Å². The monoisotopic (exact) mass is 319 g/mol. The minimum atomic E-state index is 0.484. The highest BCUT2D eigenvalue weighted by molar-refractivity contribution is 9.10. The number of aromatic nitrogens is 1. The predicted octanol–water partition coefficient (Wildman–Crippen LogP) is 5.38. The number of pyridine rings is 1. The lowest BCUT2D eigenvalue weighted by Crippen LogP contribution is -1.95. The molecule has 2 aromatic rings. The van der Waals surface area contributed by atoms with Crippen molar-refractivity contribution in [3.05, 3.63) is 51.6 Å². The van der Waals surface area contributed by atoms with Crippen LogP contribution in [0, 0.1) is 13.8 Å². The third-order valence-electron chi connectivity index (χ3n) is 3.03. The van der Waals surface area contributed by atoms with Gasteiger partial charge in [0.1, 0.15) is 5.75 Å². The Kier molecular flexibility index (Phi) is 4.25. The summed E-state index contributed by atoms with van der Waals surface area (Å²) in [6, 6.07) is 8.33. The summed E-state index contributed by atoms with van der Waals surface area (Å²) in [7, 11) is 0. The normalized spacial score (nSPS) is 10.8. The maximum Gasteiger partial charge on any atom is 0.233 e. The molecule has 1 aromatic heterocycles. The van der Waals surface area contributed by atoms with Crippen molar-refractivity contribution in [2.24, 2.45) is 0 Å². The summed E-state index contributed by atoms with van der Waals surface area (Å²) in [5, 5.41) is 0. The first-order valence-corrected chi connectivity index (χ1v) is 7.17. The second-order valence-electron chi connectivity index (χ2n) is 5.08. The number of rotatable bonds is 3. The molecule has 0 N–H and O–H groups in total. The Morgan fingerprint density at radius 2 is 1.89 bits per heavy atom. The molecule has 0 saturated heterocycles. The van der Waals surface area contributed by atoms with Crippen molar-refractivity contribution in [3.8, 4) is 11.6 Å². The minimum absolute atomic E-state index is 0.484. The Labute approximate surface area is 123 Å². The van der Waals surface area contributed by atoms with Gasteiger partial charge in [-0.25, -0.2) is 4.98 Å². The molecule has 2 nitrogen and oxygen atoms in total. The van der Waals surface area contributed by atoms with Gasteiger partial charge < -0.3 is 4.74 Å². The Morgan fingerprint density at radius 3 is 2.53 bits per heavy atom. The molecule has 3 heteroatoms. The third kappa shape index (κ3) is 3.35. The van der Waals surface area contributed by atoms with Gasteiger partial charge in [-0.2, -0.15) is 0 Å². The van der Waals surface area contributed by atoms with Crippen molar-refractivity contribution < 1.29 is 4.74 Å². The van der Waals surface area contributed by atoms with Crippen LogP contribution in [0.4, 0.5) is 0 Å². The molecule has 1 aromatic carbocycles. The number of nitrogens with zero attached hydrogens (tertiary/aromatic N) is 1. The van der Waals surface area contributed by atoms with Gasteiger partial charge in [-0.15, -0.1) is 0 Å². The molecule has 0 aliphatic carbocycles. The molecule has 0 spiro atoms. The van der Waals surface area contributed by atoms with Crippen LogP contribution in [0.15, 0.2) is 34.9 Å². The van der Waals surface area contributed by atoms with Crippen molar-refractivity contribution in [2.75, 3.05) is 0 Å². The summed E-state index contributed by atoms with van der Waals surface area (Å²) in [6.45, 7) is 8.40. The van der Waals surface area contributed by atoms with E-state index in [4.69, 9.17) is 4.74 Å². The van der Waals surface area contributed by atoms with Crippen LogP contribution in [-0.2, 0) is 0 Å². The van der Waals surface area contributed by atoms with Crippen molar-refractivity contribution in [2.45, 2.75) is 33.6 Å². The fourth-order valence-corrected chi connectivity index (χ4v) is 2.33. The molecular formula is C16H18BrNO. The van der Waals surface area contributed by atoms with E-state index in [1.807, 2.05) is 26.1 Å². The van der Waals surface area contributed by atoms with E-state index in [1.165, 1.54) is 5.56 Å². The quantitative estimate of drug-likeness (QED) is 0.758. The van der Waals surface area contributed by atoms with Crippen LogP contribution in [0.25, 0.3) is 0 Å². The van der Waals surface area contributed by atoms with Crippen LogP contribution in [0.2, 0.25) is 0 Å². The number of halogens is 1. The van der Waals surface area contributed by atoms with Crippen LogP contribution >= 0.6 is 15.9 Å². The molecule has 1 heterocycles. The highest BCUT2D eigenvalue weighted by Gasteiger charge is 2.09. The van der Waals surface area contributed by atoms with Gasteiger partial charge in [0, 0.05) is 6.20 Å². The van der Waals surface area contributed by atoms with Crippen LogP contribution in [0.5, 0.6) is 11.6 Å². The summed E-state index contributed by atoms with van der Waals surface area (Å²) in [4.78, 5) is 4.32. The Balaban J connectivity index is 2.34. The van der Waals surface area contributed by atoms with Crippen LogP contribution in [-0.4, -0.2) is 4.98 Å². The maximum atomic E-state index is 5.93. The average Bonchev–Trinajstić information content (AvgIpc) is 2.34. The summed E-state index contributed by atoms with van der Waals surface area (Å²) in [6.07, 6.45) is 1.81. The van der Waals surface area contributed by atoms with Gasteiger partial charge in [0.05, 0.1) is 4.47 Å². The Hall–Kier alpha value is -1.35. The smallest absolute Gasteiger partial charge is 0.233 e. The maximum absolute atomic E-state index is 5.93. The highest BCUT2D eigenvalue weighted by Crippen LogP contribution is 2.31. The molecule has 0 fully saturated rings.